The summed E-state index contributed by atoms with van der Waals surface area (Å²) >= 11 is 0. The maximum atomic E-state index is 4.54. The predicted molar refractivity (Wildman–Crippen MR) is 82.7 cm³/mol. The topological polar surface area (TPSA) is 46.8 Å². The fraction of sp³-hybridized carbons (Fsp3) is 0.562. The van der Waals surface area contributed by atoms with Crippen LogP contribution < -0.4 is 0 Å². The molecule has 0 saturated carbocycles. The van der Waals surface area contributed by atoms with Crippen molar-refractivity contribution in [3.8, 4) is 11.4 Å². The normalized spacial score (nSPS) is 20.0. The van der Waals surface area contributed by atoms with E-state index in [1.54, 1.807) is 4.80 Å². The molecule has 3 rings (SSSR count). The third-order valence-corrected chi connectivity index (χ3v) is 4.19. The molecule has 1 aliphatic rings. The van der Waals surface area contributed by atoms with Crippen molar-refractivity contribution in [2.45, 2.75) is 51.7 Å². The first-order valence-electron chi connectivity index (χ1n) is 7.83. The molecule has 2 heterocycles. The Balaban J connectivity index is 1.72. The molecule has 5 nitrogen and oxygen atoms in total. The Kier molecular flexibility index (Phi) is 4.29. The van der Waals surface area contributed by atoms with Crippen LogP contribution in [0, 0.1) is 0 Å². The first kappa shape index (κ1) is 14.2. The second-order valence-electron chi connectivity index (χ2n) is 6.02. The van der Waals surface area contributed by atoms with Gasteiger partial charge in [-0.3, -0.25) is 4.90 Å². The molecule has 112 valence electrons. The number of hydrogen-bond donors (Lipinski definition) is 0. The number of likely N-dealkylation sites (tertiary alicyclic amines) is 1. The number of benzene rings is 1. The van der Waals surface area contributed by atoms with Gasteiger partial charge in [0.1, 0.15) is 0 Å². The number of rotatable bonds is 4. The van der Waals surface area contributed by atoms with Crippen LogP contribution in [0.4, 0.5) is 0 Å². The summed E-state index contributed by atoms with van der Waals surface area (Å²) in [5.41, 5.74) is 1.02. The zero-order valence-corrected chi connectivity index (χ0v) is 12.8. The van der Waals surface area contributed by atoms with Crippen molar-refractivity contribution in [1.29, 1.82) is 0 Å². The van der Waals surface area contributed by atoms with Gasteiger partial charge >= 0.3 is 0 Å². The van der Waals surface area contributed by atoms with E-state index in [0.29, 0.717) is 17.9 Å². The Hall–Kier alpha value is -1.75. The molecule has 0 amide bonds. The van der Waals surface area contributed by atoms with E-state index in [-0.39, 0.29) is 0 Å². The van der Waals surface area contributed by atoms with Crippen LogP contribution in [0.25, 0.3) is 11.4 Å². The second-order valence-corrected chi connectivity index (χ2v) is 6.02. The molecule has 0 spiro atoms. The van der Waals surface area contributed by atoms with E-state index in [4.69, 9.17) is 0 Å². The van der Waals surface area contributed by atoms with Gasteiger partial charge in [0.15, 0.2) is 0 Å². The van der Waals surface area contributed by atoms with Gasteiger partial charge in [0, 0.05) is 17.6 Å². The third kappa shape index (κ3) is 3.29. The van der Waals surface area contributed by atoms with Gasteiger partial charge in [0.05, 0.1) is 6.54 Å². The van der Waals surface area contributed by atoms with Crippen molar-refractivity contribution >= 4 is 0 Å². The van der Waals surface area contributed by atoms with Crippen LogP contribution in [0.2, 0.25) is 0 Å². The number of aromatic nitrogens is 4. The van der Waals surface area contributed by atoms with Crippen LogP contribution in [-0.2, 0) is 6.54 Å². The molecule has 21 heavy (non-hydrogen) atoms. The third-order valence-electron chi connectivity index (χ3n) is 4.19. The zero-order valence-electron chi connectivity index (χ0n) is 12.8. The SMILES string of the molecule is CC(C)N1CCCCC1Cn1nnc(-c2ccccc2)n1. The Labute approximate surface area is 126 Å². The van der Waals surface area contributed by atoms with Crippen LogP contribution in [0.1, 0.15) is 33.1 Å². The van der Waals surface area contributed by atoms with Crippen molar-refractivity contribution in [2.75, 3.05) is 6.54 Å². The van der Waals surface area contributed by atoms with Gasteiger partial charge in [-0.25, -0.2) is 0 Å². The van der Waals surface area contributed by atoms with E-state index < -0.39 is 0 Å². The average molecular weight is 285 g/mol. The summed E-state index contributed by atoms with van der Waals surface area (Å²) in [5.74, 6) is 0.711. The maximum Gasteiger partial charge on any atom is 0.204 e. The van der Waals surface area contributed by atoms with Gasteiger partial charge in [-0.15, -0.1) is 10.2 Å². The van der Waals surface area contributed by atoms with Crippen molar-refractivity contribution < 1.29 is 0 Å². The molecule has 0 bridgehead atoms. The Morgan fingerprint density at radius 2 is 2.00 bits per heavy atom. The summed E-state index contributed by atoms with van der Waals surface area (Å²) in [4.78, 5) is 4.32. The van der Waals surface area contributed by atoms with Crippen molar-refractivity contribution in [2.24, 2.45) is 0 Å². The lowest BCUT2D eigenvalue weighted by Gasteiger charge is -2.38. The van der Waals surface area contributed by atoms with E-state index in [1.807, 2.05) is 30.3 Å². The van der Waals surface area contributed by atoms with Crippen LogP contribution in [0.5, 0.6) is 0 Å². The molecule has 0 aliphatic carbocycles. The van der Waals surface area contributed by atoms with Crippen molar-refractivity contribution in [3.05, 3.63) is 30.3 Å². The van der Waals surface area contributed by atoms with Gasteiger partial charge in [0.25, 0.3) is 0 Å². The number of tetrazole rings is 1. The molecule has 1 unspecified atom stereocenters. The summed E-state index contributed by atoms with van der Waals surface area (Å²) in [7, 11) is 0. The van der Waals surface area contributed by atoms with E-state index in [2.05, 4.69) is 34.2 Å². The fourth-order valence-corrected chi connectivity index (χ4v) is 3.11. The number of piperidine rings is 1. The van der Waals surface area contributed by atoms with Crippen LogP contribution in [0.15, 0.2) is 30.3 Å². The first-order valence-corrected chi connectivity index (χ1v) is 7.83. The molecule has 2 aromatic rings. The zero-order chi connectivity index (χ0) is 14.7. The monoisotopic (exact) mass is 285 g/mol. The van der Waals surface area contributed by atoms with Gasteiger partial charge in [0.2, 0.25) is 5.82 Å². The Morgan fingerprint density at radius 1 is 1.19 bits per heavy atom. The highest BCUT2D eigenvalue weighted by Gasteiger charge is 2.25. The molecule has 1 aromatic carbocycles. The van der Waals surface area contributed by atoms with Gasteiger partial charge in [-0.1, -0.05) is 36.8 Å². The molecule has 1 fully saturated rings. The Morgan fingerprint density at radius 3 is 2.76 bits per heavy atom. The highest BCUT2D eigenvalue weighted by Crippen LogP contribution is 2.21. The summed E-state index contributed by atoms with van der Waals surface area (Å²) in [6.45, 7) is 6.55. The minimum Gasteiger partial charge on any atom is -0.296 e. The van der Waals surface area contributed by atoms with E-state index >= 15 is 0 Å². The van der Waals surface area contributed by atoms with Gasteiger partial charge in [-0.2, -0.15) is 4.80 Å². The predicted octanol–water partition coefficient (Wildman–Crippen LogP) is 2.60. The molecule has 0 N–H and O–H groups in total. The molecular formula is C16H23N5. The van der Waals surface area contributed by atoms with Gasteiger partial charge in [-0.05, 0) is 38.4 Å². The summed E-state index contributed by atoms with van der Waals surface area (Å²) in [6.07, 6.45) is 3.82. The van der Waals surface area contributed by atoms with Crippen LogP contribution >= 0.6 is 0 Å². The minimum atomic E-state index is 0.525. The lowest BCUT2D eigenvalue weighted by molar-refractivity contribution is 0.0929. The van der Waals surface area contributed by atoms with Gasteiger partial charge < -0.3 is 0 Å². The first-order chi connectivity index (χ1) is 10.2. The van der Waals surface area contributed by atoms with E-state index in [1.165, 1.54) is 25.8 Å². The Bertz CT molecular complexity index is 563. The largest absolute Gasteiger partial charge is 0.296 e. The summed E-state index contributed by atoms with van der Waals surface area (Å²) in [6, 6.07) is 11.1. The summed E-state index contributed by atoms with van der Waals surface area (Å²) in [5, 5.41) is 13.0. The van der Waals surface area contributed by atoms with Crippen LogP contribution in [0.3, 0.4) is 0 Å². The molecule has 5 heteroatoms. The molecule has 1 saturated heterocycles. The summed E-state index contributed by atoms with van der Waals surface area (Å²) < 4.78 is 0. The maximum absolute atomic E-state index is 4.54. The standard InChI is InChI=1S/C16H23N5/c1-13(2)20-11-7-6-10-15(20)12-21-18-16(17-19-21)14-8-4-3-5-9-14/h3-5,8-9,13,15H,6-7,10-12H2,1-2H3. The van der Waals surface area contributed by atoms with Crippen molar-refractivity contribution in [3.63, 3.8) is 0 Å². The number of nitrogens with zero attached hydrogens (tertiary/aromatic N) is 5. The smallest absolute Gasteiger partial charge is 0.204 e. The van der Waals surface area contributed by atoms with Crippen LogP contribution in [-0.4, -0.2) is 43.7 Å². The van der Waals surface area contributed by atoms with E-state index in [9.17, 15) is 0 Å². The highest BCUT2D eigenvalue weighted by atomic mass is 15.6. The second kappa shape index (κ2) is 6.35. The molecule has 1 aliphatic heterocycles. The molecule has 1 aromatic heterocycles. The molecule has 1 atom stereocenters. The number of hydrogen-bond acceptors (Lipinski definition) is 4. The van der Waals surface area contributed by atoms with E-state index in [0.717, 1.165) is 12.1 Å². The molecular weight excluding hydrogens is 262 g/mol. The quantitative estimate of drug-likeness (QED) is 0.866. The average Bonchev–Trinajstić information content (AvgIpc) is 2.97. The lowest BCUT2D eigenvalue weighted by atomic mass is 10.0. The minimum absolute atomic E-state index is 0.525. The highest BCUT2D eigenvalue weighted by molar-refractivity contribution is 5.52. The van der Waals surface area contributed by atoms with Crippen molar-refractivity contribution in [1.82, 2.24) is 25.1 Å². The fourth-order valence-electron chi connectivity index (χ4n) is 3.11. The lowest BCUT2D eigenvalue weighted by Crippen LogP contribution is -2.46. The molecule has 0 radical (unpaired) electrons.